The van der Waals surface area contributed by atoms with Crippen molar-refractivity contribution in [3.8, 4) is 0 Å². The molecule has 0 aliphatic heterocycles. The predicted molar refractivity (Wildman–Crippen MR) is 69.9 cm³/mol. The molecule has 0 spiro atoms. The molecular weight excluding hydrogens is 234 g/mol. The Bertz CT molecular complexity index is 351. The highest BCUT2D eigenvalue weighted by atomic mass is 16.4. The van der Waals surface area contributed by atoms with Crippen molar-refractivity contribution in [2.75, 3.05) is 5.32 Å². The Hall–Kier alpha value is -2.04. The van der Waals surface area contributed by atoms with E-state index in [2.05, 4.69) is 12.2 Å². The number of anilines is 1. The molecule has 5 nitrogen and oxygen atoms in total. The molecule has 0 radical (unpaired) electrons. The molecule has 0 bridgehead atoms. The molecule has 0 saturated carbocycles. The monoisotopic (exact) mass is 253 g/mol. The van der Waals surface area contributed by atoms with Gasteiger partial charge in [0, 0.05) is 12.1 Å². The van der Waals surface area contributed by atoms with E-state index in [0.29, 0.717) is 12.1 Å². The Kier molecular flexibility index (Phi) is 8.99. The van der Waals surface area contributed by atoms with E-state index in [4.69, 9.17) is 10.2 Å². The van der Waals surface area contributed by atoms with Crippen LogP contribution < -0.4 is 5.32 Å². The maximum atomic E-state index is 10.1. The molecule has 3 N–H and O–H groups in total. The van der Waals surface area contributed by atoms with Crippen molar-refractivity contribution < 1.29 is 19.8 Å². The fraction of sp³-hybridized carbons (Fsp3) is 0.385. The van der Waals surface area contributed by atoms with Gasteiger partial charge in [-0.2, -0.15) is 0 Å². The molecule has 0 unspecified atom stereocenters. The van der Waals surface area contributed by atoms with Crippen LogP contribution in [0.3, 0.4) is 0 Å². The Morgan fingerprint density at radius 1 is 1.11 bits per heavy atom. The topological polar surface area (TPSA) is 86.6 Å². The Labute approximate surface area is 106 Å². The third kappa shape index (κ3) is 10.5. The van der Waals surface area contributed by atoms with E-state index in [1.807, 2.05) is 6.07 Å². The number of carbonyl (C=O) groups is 2. The summed E-state index contributed by atoms with van der Waals surface area (Å²) in [5.41, 5.74) is 0.593. The lowest BCUT2D eigenvalue weighted by molar-refractivity contribution is -0.137. The van der Waals surface area contributed by atoms with Crippen LogP contribution in [0.4, 0.5) is 10.5 Å². The number of rotatable bonds is 5. The van der Waals surface area contributed by atoms with Crippen LogP contribution in [0, 0.1) is 0 Å². The van der Waals surface area contributed by atoms with Crippen molar-refractivity contribution in [2.24, 2.45) is 0 Å². The Morgan fingerprint density at radius 3 is 2.17 bits per heavy atom. The summed E-state index contributed by atoms with van der Waals surface area (Å²) in [6, 6.07) is 8.74. The molecule has 1 amide bonds. The largest absolute Gasteiger partial charge is 0.481 e. The fourth-order valence-electron chi connectivity index (χ4n) is 1.17. The van der Waals surface area contributed by atoms with Gasteiger partial charge >= 0.3 is 12.1 Å². The van der Waals surface area contributed by atoms with E-state index < -0.39 is 12.1 Å². The van der Waals surface area contributed by atoms with Gasteiger partial charge in [-0.05, 0) is 18.6 Å². The van der Waals surface area contributed by atoms with E-state index in [1.54, 1.807) is 24.3 Å². The second kappa shape index (κ2) is 10.1. The normalized spacial score (nSPS) is 8.94. The number of hydrogen-bond acceptors (Lipinski definition) is 2. The van der Waals surface area contributed by atoms with Crippen LogP contribution in [0.15, 0.2) is 30.3 Å². The molecule has 0 heterocycles. The maximum absolute atomic E-state index is 10.1. The molecule has 1 rings (SSSR count). The highest BCUT2D eigenvalue weighted by Crippen LogP contribution is 2.03. The first-order valence-electron chi connectivity index (χ1n) is 5.83. The van der Waals surface area contributed by atoms with E-state index in [-0.39, 0.29) is 0 Å². The lowest BCUT2D eigenvalue weighted by atomic mass is 10.2. The molecule has 1 aromatic carbocycles. The zero-order valence-electron chi connectivity index (χ0n) is 10.4. The smallest absolute Gasteiger partial charge is 0.409 e. The average Bonchev–Trinajstić information content (AvgIpc) is 2.30. The van der Waals surface area contributed by atoms with Crippen molar-refractivity contribution in [3.05, 3.63) is 30.3 Å². The molecular formula is C13H19NO4. The number of carboxylic acid groups (broad SMARTS) is 2. The number of benzene rings is 1. The predicted octanol–water partition coefficient (Wildman–Crippen LogP) is 3.43. The minimum absolute atomic E-state index is 0.327. The first kappa shape index (κ1) is 16.0. The van der Waals surface area contributed by atoms with Crippen LogP contribution in [0.25, 0.3) is 0 Å². The van der Waals surface area contributed by atoms with Crippen LogP contribution in [-0.4, -0.2) is 22.3 Å². The van der Waals surface area contributed by atoms with Gasteiger partial charge in [-0.3, -0.25) is 10.1 Å². The van der Waals surface area contributed by atoms with Gasteiger partial charge in [0.15, 0.2) is 0 Å². The average molecular weight is 253 g/mol. The SMILES string of the molecule is CCCCCC(=O)O.O=C(O)Nc1ccccc1. The molecule has 18 heavy (non-hydrogen) atoms. The van der Waals surface area contributed by atoms with Gasteiger partial charge in [0.1, 0.15) is 0 Å². The summed E-state index contributed by atoms with van der Waals surface area (Å²) in [4.78, 5) is 19.9. The molecule has 0 aliphatic rings. The highest BCUT2D eigenvalue weighted by Gasteiger charge is 1.93. The zero-order valence-corrected chi connectivity index (χ0v) is 10.4. The molecule has 0 atom stereocenters. The van der Waals surface area contributed by atoms with Crippen molar-refractivity contribution >= 4 is 17.7 Å². The quantitative estimate of drug-likeness (QED) is 0.701. The first-order valence-corrected chi connectivity index (χ1v) is 5.83. The summed E-state index contributed by atoms with van der Waals surface area (Å²) < 4.78 is 0. The van der Waals surface area contributed by atoms with E-state index in [0.717, 1.165) is 19.3 Å². The summed E-state index contributed by atoms with van der Waals surface area (Å²) in [6.45, 7) is 2.06. The molecule has 0 saturated heterocycles. The highest BCUT2D eigenvalue weighted by molar-refractivity contribution is 5.82. The number of para-hydroxylation sites is 1. The third-order valence-electron chi connectivity index (χ3n) is 2.02. The van der Waals surface area contributed by atoms with Crippen molar-refractivity contribution in [2.45, 2.75) is 32.6 Å². The van der Waals surface area contributed by atoms with E-state index in [1.165, 1.54) is 0 Å². The number of aliphatic carboxylic acids is 1. The van der Waals surface area contributed by atoms with Gasteiger partial charge in [0.25, 0.3) is 0 Å². The molecule has 1 aromatic rings. The van der Waals surface area contributed by atoms with Crippen LogP contribution >= 0.6 is 0 Å². The molecule has 5 heteroatoms. The number of unbranched alkanes of at least 4 members (excludes halogenated alkanes) is 2. The lowest BCUT2D eigenvalue weighted by Gasteiger charge is -1.96. The number of amides is 1. The summed E-state index contributed by atoms with van der Waals surface area (Å²) in [5.74, 6) is -0.682. The van der Waals surface area contributed by atoms with Gasteiger partial charge in [-0.1, -0.05) is 38.0 Å². The van der Waals surface area contributed by atoms with Gasteiger partial charge in [-0.15, -0.1) is 0 Å². The Balaban J connectivity index is 0.000000331. The lowest BCUT2D eigenvalue weighted by Crippen LogP contribution is -2.06. The number of nitrogens with one attached hydrogen (secondary N) is 1. The van der Waals surface area contributed by atoms with E-state index >= 15 is 0 Å². The Morgan fingerprint density at radius 2 is 1.72 bits per heavy atom. The van der Waals surface area contributed by atoms with Crippen LogP contribution in [0.5, 0.6) is 0 Å². The van der Waals surface area contributed by atoms with E-state index in [9.17, 15) is 9.59 Å². The number of hydrogen-bond donors (Lipinski definition) is 3. The van der Waals surface area contributed by atoms with Crippen molar-refractivity contribution in [1.29, 1.82) is 0 Å². The first-order chi connectivity index (χ1) is 8.56. The van der Waals surface area contributed by atoms with Crippen molar-refractivity contribution in [3.63, 3.8) is 0 Å². The van der Waals surface area contributed by atoms with Crippen molar-refractivity contribution in [1.82, 2.24) is 0 Å². The van der Waals surface area contributed by atoms with Crippen LogP contribution in [-0.2, 0) is 4.79 Å². The summed E-state index contributed by atoms with van der Waals surface area (Å²) in [7, 11) is 0. The molecule has 0 fully saturated rings. The minimum Gasteiger partial charge on any atom is -0.481 e. The molecule has 0 aliphatic carbocycles. The summed E-state index contributed by atoms with van der Waals surface area (Å²) in [6.07, 6.45) is 2.24. The number of carboxylic acids is 1. The zero-order chi connectivity index (χ0) is 13.8. The maximum Gasteiger partial charge on any atom is 0.409 e. The van der Waals surface area contributed by atoms with Gasteiger partial charge < -0.3 is 10.2 Å². The van der Waals surface area contributed by atoms with Gasteiger partial charge in [0.2, 0.25) is 0 Å². The molecule has 0 aromatic heterocycles. The summed E-state index contributed by atoms with van der Waals surface area (Å²) >= 11 is 0. The van der Waals surface area contributed by atoms with Crippen LogP contribution in [0.2, 0.25) is 0 Å². The van der Waals surface area contributed by atoms with Crippen LogP contribution in [0.1, 0.15) is 32.6 Å². The summed E-state index contributed by atoms with van der Waals surface area (Å²) in [5, 5.41) is 18.6. The second-order valence-corrected chi connectivity index (χ2v) is 3.65. The second-order valence-electron chi connectivity index (χ2n) is 3.65. The standard InChI is InChI=1S/C7H7NO2.C6H12O2/c9-7(10)8-6-4-2-1-3-5-6;1-2-3-4-5-6(7)8/h1-5,8H,(H,9,10);2-5H2,1H3,(H,7,8). The third-order valence-corrected chi connectivity index (χ3v) is 2.02. The van der Waals surface area contributed by atoms with Gasteiger partial charge in [0.05, 0.1) is 0 Å². The van der Waals surface area contributed by atoms with Gasteiger partial charge in [-0.25, -0.2) is 4.79 Å². The fourth-order valence-corrected chi connectivity index (χ4v) is 1.17. The minimum atomic E-state index is -1.04. The molecule has 100 valence electrons.